The Morgan fingerprint density at radius 3 is 2.63 bits per heavy atom. The van der Waals surface area contributed by atoms with E-state index in [1.807, 2.05) is 6.92 Å². The topological polar surface area (TPSA) is 72.8 Å². The van der Waals surface area contributed by atoms with Gasteiger partial charge in [0.05, 0.1) is 5.60 Å². The predicted molar refractivity (Wildman–Crippen MR) is 104 cm³/mol. The number of fused-ring (bicyclic) bond motifs is 1. The molecule has 0 spiro atoms. The maximum atomic E-state index is 12.1. The van der Waals surface area contributed by atoms with E-state index in [9.17, 15) is 14.7 Å². The zero-order chi connectivity index (χ0) is 20.2. The number of rotatable bonds is 1. The Morgan fingerprint density at radius 2 is 1.96 bits per heavy atom. The molecule has 27 heavy (non-hydrogen) atoms. The maximum Gasteiger partial charge on any atom is 0.334 e. The van der Waals surface area contributed by atoms with E-state index in [2.05, 4.69) is 25.7 Å². The third-order valence-corrected chi connectivity index (χ3v) is 5.58. The second kappa shape index (κ2) is 8.87. The van der Waals surface area contributed by atoms with Gasteiger partial charge in [-0.15, -0.1) is 0 Å². The van der Waals surface area contributed by atoms with Gasteiger partial charge in [-0.25, -0.2) is 4.79 Å². The van der Waals surface area contributed by atoms with Gasteiger partial charge < -0.3 is 14.6 Å². The summed E-state index contributed by atoms with van der Waals surface area (Å²) in [5, 5.41) is 11.0. The van der Waals surface area contributed by atoms with Crippen LogP contribution in [-0.2, 0) is 19.1 Å². The number of hydrogen-bond acceptors (Lipinski definition) is 5. The van der Waals surface area contributed by atoms with Crippen LogP contribution < -0.4 is 0 Å². The number of ether oxygens (including phenoxy) is 2. The van der Waals surface area contributed by atoms with Crippen molar-refractivity contribution in [3.63, 3.8) is 0 Å². The molecular weight excluding hydrogens is 344 g/mol. The lowest BCUT2D eigenvalue weighted by Gasteiger charge is -2.34. The predicted octanol–water partition coefficient (Wildman–Crippen LogP) is 4.01. The van der Waals surface area contributed by atoms with Crippen LogP contribution in [-0.4, -0.2) is 34.9 Å². The first-order valence-electron chi connectivity index (χ1n) is 9.70. The van der Waals surface area contributed by atoms with Gasteiger partial charge in [0.15, 0.2) is 0 Å². The molecule has 2 aliphatic rings. The molecule has 1 fully saturated rings. The zero-order valence-electron chi connectivity index (χ0n) is 16.9. The minimum Gasteiger partial charge on any atom is -0.459 e. The quantitative estimate of drug-likeness (QED) is 0.425. The molecule has 1 N–H and O–H groups in total. The minimum atomic E-state index is -1.20. The van der Waals surface area contributed by atoms with Gasteiger partial charge in [-0.1, -0.05) is 29.9 Å². The van der Waals surface area contributed by atoms with E-state index >= 15 is 0 Å². The fourth-order valence-corrected chi connectivity index (χ4v) is 3.83. The lowest BCUT2D eigenvalue weighted by Crippen LogP contribution is -2.44. The van der Waals surface area contributed by atoms with E-state index in [-0.39, 0.29) is 12.0 Å². The maximum absolute atomic E-state index is 12.1. The van der Waals surface area contributed by atoms with Crippen LogP contribution in [0.3, 0.4) is 0 Å². The summed E-state index contributed by atoms with van der Waals surface area (Å²) in [4.78, 5) is 23.7. The normalized spacial score (nSPS) is 37.1. The second-order valence-electron chi connectivity index (χ2n) is 8.15. The molecule has 0 saturated carbocycles. The SMILES string of the molecule is C=C1C(=O)O[C@@H]2C/C(C)=C/CC/C(C)=C/CC[C@@](C)(O)[C@@H](OC(C)=O)C[C@H]12. The van der Waals surface area contributed by atoms with Gasteiger partial charge in [0.2, 0.25) is 0 Å². The molecule has 1 heterocycles. The summed E-state index contributed by atoms with van der Waals surface area (Å²) in [6.45, 7) is 11.0. The first-order chi connectivity index (χ1) is 12.6. The molecule has 5 nitrogen and oxygen atoms in total. The molecule has 1 saturated heterocycles. The van der Waals surface area contributed by atoms with Gasteiger partial charge in [0, 0.05) is 24.8 Å². The van der Waals surface area contributed by atoms with Crippen LogP contribution in [0.5, 0.6) is 0 Å². The van der Waals surface area contributed by atoms with Crippen molar-refractivity contribution in [2.75, 3.05) is 0 Å². The van der Waals surface area contributed by atoms with Crippen LogP contribution in [0.15, 0.2) is 35.5 Å². The van der Waals surface area contributed by atoms with E-state index in [4.69, 9.17) is 9.47 Å². The molecular formula is C22H32O5. The second-order valence-corrected chi connectivity index (χ2v) is 8.15. The molecule has 150 valence electrons. The van der Waals surface area contributed by atoms with Gasteiger partial charge in [-0.3, -0.25) is 4.79 Å². The minimum absolute atomic E-state index is 0.281. The van der Waals surface area contributed by atoms with E-state index in [1.165, 1.54) is 12.5 Å². The van der Waals surface area contributed by atoms with Crippen LogP contribution in [0.4, 0.5) is 0 Å². The Kier molecular flexibility index (Phi) is 7.04. The van der Waals surface area contributed by atoms with Crippen molar-refractivity contribution in [3.8, 4) is 0 Å². The number of carbonyl (C=O) groups is 2. The van der Waals surface area contributed by atoms with Crippen LogP contribution >= 0.6 is 0 Å². The molecule has 0 aromatic carbocycles. The van der Waals surface area contributed by atoms with Gasteiger partial charge in [0.25, 0.3) is 0 Å². The van der Waals surface area contributed by atoms with Crippen LogP contribution in [0.25, 0.3) is 0 Å². The lowest BCUT2D eigenvalue weighted by molar-refractivity contribution is -0.164. The van der Waals surface area contributed by atoms with E-state index < -0.39 is 23.6 Å². The van der Waals surface area contributed by atoms with Crippen molar-refractivity contribution in [2.24, 2.45) is 5.92 Å². The first-order valence-corrected chi connectivity index (χ1v) is 9.70. The molecule has 0 amide bonds. The average Bonchev–Trinajstić information content (AvgIpc) is 2.80. The van der Waals surface area contributed by atoms with Gasteiger partial charge in [-0.05, 0) is 52.9 Å². The highest BCUT2D eigenvalue weighted by molar-refractivity contribution is 5.90. The van der Waals surface area contributed by atoms with Gasteiger partial charge in [-0.2, -0.15) is 0 Å². The van der Waals surface area contributed by atoms with E-state index in [0.29, 0.717) is 31.3 Å². The molecule has 0 aromatic rings. The van der Waals surface area contributed by atoms with Crippen molar-refractivity contribution in [3.05, 3.63) is 35.5 Å². The van der Waals surface area contributed by atoms with E-state index in [1.54, 1.807) is 6.92 Å². The standard InChI is InChI=1S/C22H32O5/c1-14-8-6-9-15(2)12-19-18(16(3)21(24)27-19)13-20(26-17(4)23)22(5,25)11-7-10-14/h9-10,18-20,25H,3,6-8,11-13H2,1-2,4-5H3/b14-10+,15-9+/t18-,19-,20+,22-/m1/s1. The smallest absolute Gasteiger partial charge is 0.334 e. The van der Waals surface area contributed by atoms with Crippen molar-refractivity contribution in [2.45, 2.75) is 84.0 Å². The van der Waals surface area contributed by atoms with Crippen molar-refractivity contribution >= 4 is 11.9 Å². The fourth-order valence-electron chi connectivity index (χ4n) is 3.83. The number of aliphatic hydroxyl groups is 1. The Morgan fingerprint density at radius 1 is 1.30 bits per heavy atom. The molecule has 5 heteroatoms. The fraction of sp³-hybridized carbons (Fsp3) is 0.636. The highest BCUT2D eigenvalue weighted by atomic mass is 16.6. The Hall–Kier alpha value is -1.88. The molecule has 1 aliphatic carbocycles. The molecule has 0 unspecified atom stereocenters. The highest BCUT2D eigenvalue weighted by Crippen LogP contribution is 2.37. The van der Waals surface area contributed by atoms with Crippen molar-refractivity contribution in [1.29, 1.82) is 0 Å². The molecule has 1 aliphatic heterocycles. The summed E-state index contributed by atoms with van der Waals surface area (Å²) in [6, 6.07) is 0. The summed E-state index contributed by atoms with van der Waals surface area (Å²) in [5.41, 5.74) is 1.62. The van der Waals surface area contributed by atoms with Gasteiger partial charge >= 0.3 is 11.9 Å². The number of hydrogen-bond donors (Lipinski definition) is 1. The molecule has 0 radical (unpaired) electrons. The molecule has 0 aromatic heterocycles. The Labute approximate surface area is 162 Å². The van der Waals surface area contributed by atoms with Gasteiger partial charge in [0.1, 0.15) is 12.2 Å². The zero-order valence-corrected chi connectivity index (χ0v) is 16.9. The summed E-state index contributed by atoms with van der Waals surface area (Å²) >= 11 is 0. The summed E-state index contributed by atoms with van der Waals surface area (Å²) in [6.07, 6.45) is 7.25. The van der Waals surface area contributed by atoms with Crippen LogP contribution in [0, 0.1) is 5.92 Å². The first kappa shape index (κ1) is 21.4. The Balaban J connectivity index is 2.34. The van der Waals surface area contributed by atoms with Crippen molar-refractivity contribution < 1.29 is 24.2 Å². The number of esters is 2. The largest absolute Gasteiger partial charge is 0.459 e. The molecule has 0 bridgehead atoms. The average molecular weight is 376 g/mol. The Bertz CT molecular complexity index is 656. The number of allylic oxidation sites excluding steroid dienone is 3. The van der Waals surface area contributed by atoms with Crippen molar-refractivity contribution in [1.82, 2.24) is 0 Å². The monoisotopic (exact) mass is 376 g/mol. The molecule has 4 atom stereocenters. The third-order valence-electron chi connectivity index (χ3n) is 5.58. The number of carbonyl (C=O) groups excluding carboxylic acids is 2. The summed E-state index contributed by atoms with van der Waals surface area (Å²) in [5.74, 6) is -1.13. The molecule has 2 rings (SSSR count). The van der Waals surface area contributed by atoms with E-state index in [0.717, 1.165) is 18.4 Å². The third kappa shape index (κ3) is 5.80. The van der Waals surface area contributed by atoms with Crippen LogP contribution in [0.1, 0.15) is 66.2 Å². The summed E-state index contributed by atoms with van der Waals surface area (Å²) < 4.78 is 11.0. The van der Waals surface area contributed by atoms with Crippen LogP contribution in [0.2, 0.25) is 0 Å². The highest BCUT2D eigenvalue weighted by Gasteiger charge is 2.44. The summed E-state index contributed by atoms with van der Waals surface area (Å²) in [7, 11) is 0. The lowest BCUT2D eigenvalue weighted by atomic mass is 9.81.